The summed E-state index contributed by atoms with van der Waals surface area (Å²) in [5.74, 6) is -0.320. The van der Waals surface area contributed by atoms with Crippen LogP contribution in [0.4, 0.5) is 0 Å². The van der Waals surface area contributed by atoms with Crippen LogP contribution < -0.4 is 10.6 Å². The number of carbonyl (C=O) groups excluding carboxylic acids is 2. The van der Waals surface area contributed by atoms with Crippen molar-refractivity contribution in [1.82, 2.24) is 15.5 Å². The molecule has 2 aliphatic rings. The van der Waals surface area contributed by atoms with Gasteiger partial charge >= 0.3 is 0 Å². The number of aliphatic hydroxyl groups excluding tert-OH is 1. The Hall–Kier alpha value is -2.74. The Balaban J connectivity index is 1.21. The monoisotopic (exact) mass is 437 g/mol. The topological polar surface area (TPSA) is 90.9 Å². The molecule has 0 unspecified atom stereocenters. The van der Waals surface area contributed by atoms with Crippen molar-refractivity contribution in [3.63, 3.8) is 0 Å². The summed E-state index contributed by atoms with van der Waals surface area (Å²) in [5.41, 5.74) is 3.73. The van der Waals surface area contributed by atoms with Gasteiger partial charge in [-0.15, -0.1) is 0 Å². The van der Waals surface area contributed by atoms with Crippen LogP contribution in [0.3, 0.4) is 0 Å². The minimum Gasteiger partial charge on any atom is -0.390 e. The first-order chi connectivity index (χ1) is 15.5. The highest BCUT2D eigenvalue weighted by Crippen LogP contribution is 2.21. The molecule has 2 aromatic carbocycles. The van der Waals surface area contributed by atoms with Gasteiger partial charge in [0, 0.05) is 36.8 Å². The molecule has 1 fully saturated rings. The molecule has 170 valence electrons. The van der Waals surface area contributed by atoms with Crippen LogP contribution in [0.25, 0.3) is 0 Å². The van der Waals surface area contributed by atoms with Crippen molar-refractivity contribution in [2.75, 3.05) is 32.8 Å². The number of morpholine rings is 1. The molecule has 1 saturated heterocycles. The van der Waals surface area contributed by atoms with Gasteiger partial charge in [0.05, 0.1) is 25.4 Å². The van der Waals surface area contributed by atoms with Gasteiger partial charge in [0.15, 0.2) is 0 Å². The van der Waals surface area contributed by atoms with Crippen LogP contribution >= 0.6 is 0 Å². The Bertz CT molecular complexity index is 921. The van der Waals surface area contributed by atoms with Gasteiger partial charge in [0.25, 0.3) is 11.8 Å². The maximum atomic E-state index is 12.7. The van der Waals surface area contributed by atoms with E-state index in [2.05, 4.69) is 34.9 Å². The molecule has 2 atom stereocenters. The normalized spacial score (nSPS) is 19.4. The Morgan fingerprint density at radius 3 is 2.38 bits per heavy atom. The van der Waals surface area contributed by atoms with Crippen molar-refractivity contribution >= 4 is 11.8 Å². The molecule has 1 heterocycles. The summed E-state index contributed by atoms with van der Waals surface area (Å²) >= 11 is 0. The Morgan fingerprint density at radius 1 is 1.06 bits per heavy atom. The second-order valence-electron chi connectivity index (χ2n) is 8.65. The molecule has 32 heavy (non-hydrogen) atoms. The highest BCUT2D eigenvalue weighted by Gasteiger charge is 2.25. The SMILES string of the molecule is C[C@H]1COCCN1C(=O)c1ccc(C(=O)NC[C@@H](O)CNC2Cc3ccccc3C2)cc1. The molecule has 0 aromatic heterocycles. The minimum absolute atomic E-state index is 0.0349. The standard InChI is InChI=1S/C25H31N3O4/c1-17-16-32-11-10-28(17)25(31)19-8-6-18(7-9-19)24(30)27-15-23(29)14-26-22-12-20-4-2-3-5-21(20)13-22/h2-9,17,22-23,26,29H,10-16H2,1H3,(H,27,30)/t17-,23-/m0/s1. The molecule has 0 bridgehead atoms. The summed E-state index contributed by atoms with van der Waals surface area (Å²) < 4.78 is 5.38. The van der Waals surface area contributed by atoms with Gasteiger partial charge in [0.1, 0.15) is 0 Å². The molecule has 0 saturated carbocycles. The number of nitrogens with one attached hydrogen (secondary N) is 2. The molecule has 4 rings (SSSR count). The zero-order chi connectivity index (χ0) is 22.5. The predicted molar refractivity (Wildman–Crippen MR) is 122 cm³/mol. The van der Waals surface area contributed by atoms with Crippen molar-refractivity contribution in [2.45, 2.75) is 38.0 Å². The van der Waals surface area contributed by atoms with E-state index in [4.69, 9.17) is 4.74 Å². The third kappa shape index (κ3) is 5.35. The van der Waals surface area contributed by atoms with E-state index in [-0.39, 0.29) is 24.4 Å². The molecule has 7 heteroatoms. The number of benzene rings is 2. The zero-order valence-corrected chi connectivity index (χ0v) is 18.4. The molecule has 3 N–H and O–H groups in total. The maximum Gasteiger partial charge on any atom is 0.254 e. The molecule has 0 radical (unpaired) electrons. The molecule has 2 aromatic rings. The molecule has 1 aliphatic heterocycles. The first kappa shape index (κ1) is 22.5. The number of fused-ring (bicyclic) bond motifs is 1. The van der Waals surface area contributed by atoms with Gasteiger partial charge in [-0.1, -0.05) is 24.3 Å². The number of rotatable bonds is 7. The molecule has 7 nitrogen and oxygen atoms in total. The number of ether oxygens (including phenoxy) is 1. The van der Waals surface area contributed by atoms with Crippen LogP contribution in [0.15, 0.2) is 48.5 Å². The van der Waals surface area contributed by atoms with E-state index in [1.807, 2.05) is 6.92 Å². The van der Waals surface area contributed by atoms with E-state index in [0.717, 1.165) is 12.8 Å². The Morgan fingerprint density at radius 2 is 1.72 bits per heavy atom. The molecular weight excluding hydrogens is 406 g/mol. The van der Waals surface area contributed by atoms with Crippen molar-refractivity contribution in [2.24, 2.45) is 0 Å². The van der Waals surface area contributed by atoms with Gasteiger partial charge in [-0.3, -0.25) is 9.59 Å². The first-order valence-electron chi connectivity index (χ1n) is 11.3. The van der Waals surface area contributed by atoms with Crippen LogP contribution in [-0.4, -0.2) is 72.9 Å². The summed E-state index contributed by atoms with van der Waals surface area (Å²) in [6.45, 7) is 4.20. The highest BCUT2D eigenvalue weighted by molar-refractivity contribution is 5.98. The minimum atomic E-state index is -0.675. The fourth-order valence-electron chi connectivity index (χ4n) is 4.35. The maximum absolute atomic E-state index is 12.7. The average Bonchev–Trinajstić information content (AvgIpc) is 3.24. The highest BCUT2D eigenvalue weighted by atomic mass is 16.5. The average molecular weight is 438 g/mol. The number of hydrogen-bond donors (Lipinski definition) is 3. The van der Waals surface area contributed by atoms with E-state index in [0.29, 0.717) is 43.5 Å². The van der Waals surface area contributed by atoms with Crippen molar-refractivity contribution in [3.8, 4) is 0 Å². The Labute approximate surface area is 188 Å². The predicted octanol–water partition coefficient (Wildman–Crippen LogP) is 1.40. The van der Waals surface area contributed by atoms with Gasteiger partial charge in [-0.2, -0.15) is 0 Å². The second kappa shape index (κ2) is 10.3. The molecule has 0 spiro atoms. The van der Waals surface area contributed by atoms with Crippen molar-refractivity contribution in [1.29, 1.82) is 0 Å². The van der Waals surface area contributed by atoms with E-state index in [1.54, 1.807) is 29.2 Å². The summed E-state index contributed by atoms with van der Waals surface area (Å²) in [7, 11) is 0. The van der Waals surface area contributed by atoms with E-state index in [9.17, 15) is 14.7 Å². The molecular formula is C25H31N3O4. The fourth-order valence-corrected chi connectivity index (χ4v) is 4.35. The van der Waals surface area contributed by atoms with Crippen LogP contribution in [0.5, 0.6) is 0 Å². The largest absolute Gasteiger partial charge is 0.390 e. The number of aliphatic hydroxyl groups is 1. The van der Waals surface area contributed by atoms with E-state index < -0.39 is 6.10 Å². The third-order valence-corrected chi connectivity index (χ3v) is 6.21. The van der Waals surface area contributed by atoms with Crippen molar-refractivity contribution < 1.29 is 19.4 Å². The van der Waals surface area contributed by atoms with Gasteiger partial charge in [-0.25, -0.2) is 0 Å². The number of hydrogen-bond acceptors (Lipinski definition) is 5. The summed E-state index contributed by atoms with van der Waals surface area (Å²) in [5, 5.41) is 16.4. The van der Waals surface area contributed by atoms with E-state index in [1.165, 1.54) is 11.1 Å². The Kier molecular flexibility index (Phi) is 7.19. The van der Waals surface area contributed by atoms with E-state index >= 15 is 0 Å². The number of nitrogens with zero attached hydrogens (tertiary/aromatic N) is 1. The van der Waals surface area contributed by atoms with Crippen LogP contribution in [0, 0.1) is 0 Å². The summed E-state index contributed by atoms with van der Waals surface area (Å²) in [6, 6.07) is 15.4. The second-order valence-corrected chi connectivity index (χ2v) is 8.65. The van der Waals surface area contributed by atoms with Crippen LogP contribution in [-0.2, 0) is 17.6 Å². The lowest BCUT2D eigenvalue weighted by atomic mass is 10.1. The van der Waals surface area contributed by atoms with Crippen LogP contribution in [0.1, 0.15) is 38.8 Å². The first-order valence-corrected chi connectivity index (χ1v) is 11.3. The lowest BCUT2D eigenvalue weighted by molar-refractivity contribution is 0.00359. The zero-order valence-electron chi connectivity index (χ0n) is 18.4. The smallest absolute Gasteiger partial charge is 0.254 e. The van der Waals surface area contributed by atoms with Crippen LogP contribution in [0.2, 0.25) is 0 Å². The number of carbonyl (C=O) groups is 2. The van der Waals surface area contributed by atoms with Gasteiger partial charge in [-0.05, 0) is 55.2 Å². The van der Waals surface area contributed by atoms with Crippen molar-refractivity contribution in [3.05, 3.63) is 70.8 Å². The van der Waals surface area contributed by atoms with Gasteiger partial charge in [0.2, 0.25) is 0 Å². The fraction of sp³-hybridized carbons (Fsp3) is 0.440. The lowest BCUT2D eigenvalue weighted by Crippen LogP contribution is -2.47. The molecule has 2 amide bonds. The summed E-state index contributed by atoms with van der Waals surface area (Å²) in [4.78, 5) is 26.9. The third-order valence-electron chi connectivity index (χ3n) is 6.21. The quantitative estimate of drug-likeness (QED) is 0.609. The molecule has 1 aliphatic carbocycles. The van der Waals surface area contributed by atoms with Gasteiger partial charge < -0.3 is 25.4 Å². The lowest BCUT2D eigenvalue weighted by Gasteiger charge is -2.33. The summed E-state index contributed by atoms with van der Waals surface area (Å²) in [6.07, 6.45) is 1.25. The number of amides is 2.